The van der Waals surface area contributed by atoms with Gasteiger partial charge in [0.1, 0.15) is 38.8 Å². The van der Waals surface area contributed by atoms with Crippen LogP contribution in [0.5, 0.6) is 17.2 Å². The van der Waals surface area contributed by atoms with Crippen LogP contribution in [0.1, 0.15) is 0 Å². The smallest absolute Gasteiger partial charge is 0.330 e. The number of carbonyl (C=O) groups is 2. The zero-order valence-corrected chi connectivity index (χ0v) is 20.1. The number of ether oxygens (including phenoxy) is 7. The molecule has 0 saturated heterocycles. The summed E-state index contributed by atoms with van der Waals surface area (Å²) in [7, 11) is 0. The van der Waals surface area contributed by atoms with Gasteiger partial charge in [-0.15, -0.1) is 0 Å². The summed E-state index contributed by atoms with van der Waals surface area (Å²) in [6.07, 6.45) is 2.18. The SMILES string of the molecule is C=CC(=O)OCCOCCOc1cc(OCCO)c(OCCOCCOC(=O)C=C)c2ccccc12. The van der Waals surface area contributed by atoms with Gasteiger partial charge in [0.25, 0.3) is 0 Å². The van der Waals surface area contributed by atoms with Crippen LogP contribution < -0.4 is 14.2 Å². The Labute approximate surface area is 209 Å². The highest BCUT2D eigenvalue weighted by atomic mass is 16.6. The summed E-state index contributed by atoms with van der Waals surface area (Å²) >= 11 is 0. The Morgan fingerprint density at radius 3 is 1.81 bits per heavy atom. The summed E-state index contributed by atoms with van der Waals surface area (Å²) in [6.45, 7) is 8.29. The molecule has 0 atom stereocenters. The number of aliphatic hydroxyl groups excluding tert-OH is 1. The Bertz CT molecular complexity index is 988. The molecule has 10 nitrogen and oxygen atoms in total. The third kappa shape index (κ3) is 9.95. The number of hydrogen-bond donors (Lipinski definition) is 1. The van der Waals surface area contributed by atoms with Gasteiger partial charge in [0.05, 0.1) is 33.0 Å². The minimum atomic E-state index is -0.505. The summed E-state index contributed by atoms with van der Waals surface area (Å²) in [5, 5.41) is 10.8. The number of aliphatic hydroxyl groups is 1. The molecular formula is C26H32O10. The molecule has 1 N–H and O–H groups in total. The van der Waals surface area contributed by atoms with Crippen molar-refractivity contribution in [1.29, 1.82) is 0 Å². The molecule has 0 amide bonds. The van der Waals surface area contributed by atoms with Crippen molar-refractivity contribution in [3.05, 3.63) is 55.6 Å². The summed E-state index contributed by atoms with van der Waals surface area (Å²) in [5.74, 6) is 0.464. The fourth-order valence-corrected chi connectivity index (χ4v) is 2.96. The molecule has 2 rings (SSSR count). The molecule has 0 saturated carbocycles. The molecule has 36 heavy (non-hydrogen) atoms. The van der Waals surface area contributed by atoms with Gasteiger partial charge >= 0.3 is 11.9 Å². The lowest BCUT2D eigenvalue weighted by Crippen LogP contribution is -2.14. The lowest BCUT2D eigenvalue weighted by atomic mass is 10.1. The fourth-order valence-electron chi connectivity index (χ4n) is 2.96. The van der Waals surface area contributed by atoms with Gasteiger partial charge in [-0.1, -0.05) is 37.4 Å². The van der Waals surface area contributed by atoms with Crippen LogP contribution in [-0.4, -0.2) is 83.1 Å². The van der Waals surface area contributed by atoms with Gasteiger partial charge in [0.15, 0.2) is 11.5 Å². The van der Waals surface area contributed by atoms with Gasteiger partial charge in [0, 0.05) is 29.0 Å². The average Bonchev–Trinajstić information content (AvgIpc) is 2.91. The van der Waals surface area contributed by atoms with E-state index in [0.717, 1.165) is 22.9 Å². The van der Waals surface area contributed by atoms with Crippen LogP contribution in [0, 0.1) is 0 Å². The Morgan fingerprint density at radius 2 is 1.22 bits per heavy atom. The van der Waals surface area contributed by atoms with Crippen LogP contribution in [0.25, 0.3) is 10.8 Å². The summed E-state index contributed by atoms with van der Waals surface area (Å²) in [6, 6.07) is 9.23. The normalized spacial score (nSPS) is 10.5. The summed E-state index contributed by atoms with van der Waals surface area (Å²) in [4.78, 5) is 22.0. The van der Waals surface area contributed by atoms with Crippen molar-refractivity contribution in [3.63, 3.8) is 0 Å². The topological polar surface area (TPSA) is 119 Å². The fraction of sp³-hybridized carbons (Fsp3) is 0.385. The zero-order chi connectivity index (χ0) is 26.0. The first-order chi connectivity index (χ1) is 17.6. The highest BCUT2D eigenvalue weighted by Gasteiger charge is 2.16. The highest BCUT2D eigenvalue weighted by molar-refractivity contribution is 5.95. The molecule has 2 aromatic carbocycles. The molecule has 0 heterocycles. The number of benzene rings is 2. The quantitative estimate of drug-likeness (QED) is 0.174. The summed E-state index contributed by atoms with van der Waals surface area (Å²) in [5.41, 5.74) is 0. The van der Waals surface area contributed by atoms with Crippen LogP contribution >= 0.6 is 0 Å². The van der Waals surface area contributed by atoms with Crippen molar-refractivity contribution < 1.29 is 47.9 Å². The van der Waals surface area contributed by atoms with Crippen molar-refractivity contribution in [2.45, 2.75) is 0 Å². The lowest BCUT2D eigenvalue weighted by Gasteiger charge is -2.18. The van der Waals surface area contributed by atoms with E-state index in [1.807, 2.05) is 24.3 Å². The van der Waals surface area contributed by atoms with E-state index in [0.29, 0.717) is 17.2 Å². The Morgan fingerprint density at radius 1 is 0.694 bits per heavy atom. The van der Waals surface area contributed by atoms with E-state index in [9.17, 15) is 14.7 Å². The Kier molecular flexibility index (Phi) is 13.5. The first-order valence-electron chi connectivity index (χ1n) is 11.4. The predicted molar refractivity (Wildman–Crippen MR) is 131 cm³/mol. The largest absolute Gasteiger partial charge is 0.490 e. The summed E-state index contributed by atoms with van der Waals surface area (Å²) < 4.78 is 38.2. The first-order valence-corrected chi connectivity index (χ1v) is 11.4. The molecule has 0 radical (unpaired) electrons. The van der Waals surface area contributed by atoms with Gasteiger partial charge in [-0.2, -0.15) is 0 Å². The van der Waals surface area contributed by atoms with Crippen LogP contribution in [0.2, 0.25) is 0 Å². The van der Waals surface area contributed by atoms with E-state index < -0.39 is 11.9 Å². The second-order valence-electron chi connectivity index (χ2n) is 6.98. The van der Waals surface area contributed by atoms with E-state index in [2.05, 4.69) is 13.2 Å². The second-order valence-corrected chi connectivity index (χ2v) is 6.98. The molecule has 0 aliphatic carbocycles. The zero-order valence-electron chi connectivity index (χ0n) is 20.1. The van der Waals surface area contributed by atoms with Crippen molar-refractivity contribution in [1.82, 2.24) is 0 Å². The molecular weight excluding hydrogens is 472 g/mol. The predicted octanol–water partition coefficient (Wildman–Crippen LogP) is 2.46. The minimum absolute atomic E-state index is 0.0752. The molecule has 2 aromatic rings. The maximum atomic E-state index is 11.0. The maximum absolute atomic E-state index is 11.0. The highest BCUT2D eigenvalue weighted by Crippen LogP contribution is 2.41. The van der Waals surface area contributed by atoms with Crippen molar-refractivity contribution in [3.8, 4) is 17.2 Å². The molecule has 0 aromatic heterocycles. The third-order valence-corrected chi connectivity index (χ3v) is 4.51. The number of fused-ring (bicyclic) bond motifs is 1. The number of carbonyl (C=O) groups excluding carboxylic acids is 2. The van der Waals surface area contributed by atoms with Gasteiger partial charge in [-0.25, -0.2) is 9.59 Å². The number of hydrogen-bond acceptors (Lipinski definition) is 10. The van der Waals surface area contributed by atoms with Crippen molar-refractivity contribution in [2.75, 3.05) is 66.1 Å². The van der Waals surface area contributed by atoms with Gasteiger partial charge < -0.3 is 38.3 Å². The van der Waals surface area contributed by atoms with Gasteiger partial charge in [-0.3, -0.25) is 0 Å². The van der Waals surface area contributed by atoms with E-state index >= 15 is 0 Å². The third-order valence-electron chi connectivity index (χ3n) is 4.51. The van der Waals surface area contributed by atoms with Gasteiger partial charge in [0.2, 0.25) is 0 Å². The molecule has 0 aliphatic heterocycles. The van der Waals surface area contributed by atoms with E-state index in [-0.39, 0.29) is 66.1 Å². The molecule has 0 spiro atoms. The molecule has 0 aliphatic rings. The van der Waals surface area contributed by atoms with Crippen LogP contribution in [0.15, 0.2) is 55.6 Å². The van der Waals surface area contributed by atoms with Crippen molar-refractivity contribution in [2.24, 2.45) is 0 Å². The van der Waals surface area contributed by atoms with E-state index in [1.54, 1.807) is 6.07 Å². The molecule has 10 heteroatoms. The second kappa shape index (κ2) is 16.9. The monoisotopic (exact) mass is 504 g/mol. The minimum Gasteiger partial charge on any atom is -0.490 e. The van der Waals surface area contributed by atoms with Gasteiger partial charge in [-0.05, 0) is 0 Å². The van der Waals surface area contributed by atoms with Crippen molar-refractivity contribution >= 4 is 22.7 Å². The van der Waals surface area contributed by atoms with Crippen LogP contribution in [0.4, 0.5) is 0 Å². The molecule has 0 unspecified atom stereocenters. The van der Waals surface area contributed by atoms with E-state index in [4.69, 9.17) is 33.2 Å². The number of rotatable bonds is 19. The molecule has 0 bridgehead atoms. The lowest BCUT2D eigenvalue weighted by molar-refractivity contribution is -0.140. The van der Waals surface area contributed by atoms with E-state index in [1.165, 1.54) is 0 Å². The van der Waals surface area contributed by atoms with Crippen LogP contribution in [-0.2, 0) is 28.5 Å². The average molecular weight is 505 g/mol. The Balaban J connectivity index is 1.97. The Hall–Kier alpha value is -3.60. The molecule has 0 fully saturated rings. The standard InChI is InChI=1S/C26H32O10/c1-3-24(28)34-16-12-30-11-15-33-22-19-23(32-10-9-27)26(21-8-6-5-7-20(21)22)36-18-14-31-13-17-35-25(29)4-2/h3-8,19,27H,1-2,9-18H2. The molecule has 196 valence electrons. The van der Waals surface area contributed by atoms with Crippen LogP contribution in [0.3, 0.4) is 0 Å². The maximum Gasteiger partial charge on any atom is 0.330 e. The number of esters is 2. The first kappa shape index (κ1) is 28.6.